The van der Waals surface area contributed by atoms with Crippen molar-refractivity contribution in [2.75, 3.05) is 0 Å². The molecule has 0 amide bonds. The fourth-order valence-electron chi connectivity index (χ4n) is 0.953. The monoisotopic (exact) mass is 206 g/mol. The van der Waals surface area contributed by atoms with Crippen molar-refractivity contribution in [1.29, 1.82) is 0 Å². The number of nitro groups is 2. The second-order valence-corrected chi connectivity index (χ2v) is 2.62. The standard InChI is InChI=1S/C6H4F2N2O4/c7-4-3-6(8,10(13)14)2-1-5(4)9(11)12/h1,3H,2H2. The second-order valence-electron chi connectivity index (χ2n) is 2.62. The molecule has 8 heteroatoms. The van der Waals surface area contributed by atoms with E-state index >= 15 is 0 Å². The number of hydrogen-bond donors (Lipinski definition) is 0. The highest BCUT2D eigenvalue weighted by atomic mass is 19.2. The van der Waals surface area contributed by atoms with Crippen LogP contribution in [0.25, 0.3) is 0 Å². The van der Waals surface area contributed by atoms with Gasteiger partial charge in [-0.15, -0.1) is 0 Å². The molecule has 76 valence electrons. The number of hydrogen-bond acceptors (Lipinski definition) is 4. The van der Waals surface area contributed by atoms with Crippen LogP contribution < -0.4 is 0 Å². The SMILES string of the molecule is O=[N+]([O-])C1=CCC(F)([N+](=O)[O-])C=C1F. The third kappa shape index (κ3) is 1.58. The quantitative estimate of drug-likeness (QED) is 0.387. The topological polar surface area (TPSA) is 86.3 Å². The molecule has 0 radical (unpaired) electrons. The van der Waals surface area contributed by atoms with Gasteiger partial charge in [0.2, 0.25) is 5.83 Å². The fraction of sp³-hybridized carbons (Fsp3) is 0.333. The average Bonchev–Trinajstić information content (AvgIpc) is 2.02. The van der Waals surface area contributed by atoms with Gasteiger partial charge in [0, 0.05) is 6.08 Å². The minimum Gasteiger partial charge on any atom is -0.261 e. The molecule has 14 heavy (non-hydrogen) atoms. The summed E-state index contributed by atoms with van der Waals surface area (Å²) in [5.74, 6) is -4.61. The Bertz CT molecular complexity index is 365. The highest BCUT2D eigenvalue weighted by Crippen LogP contribution is 2.30. The summed E-state index contributed by atoms with van der Waals surface area (Å²) in [6, 6.07) is 0. The summed E-state index contributed by atoms with van der Waals surface area (Å²) in [7, 11) is 0. The Morgan fingerprint density at radius 2 is 2.00 bits per heavy atom. The molecule has 6 nitrogen and oxygen atoms in total. The molecule has 1 aliphatic carbocycles. The molecule has 0 bridgehead atoms. The first kappa shape index (κ1) is 10.2. The first-order valence-corrected chi connectivity index (χ1v) is 3.43. The lowest BCUT2D eigenvalue weighted by atomic mass is 10.0. The minimum absolute atomic E-state index is 0.00509. The maximum absolute atomic E-state index is 13.1. The second kappa shape index (κ2) is 3.13. The first-order valence-electron chi connectivity index (χ1n) is 3.43. The van der Waals surface area contributed by atoms with Crippen molar-refractivity contribution in [1.82, 2.24) is 0 Å². The lowest BCUT2D eigenvalue weighted by Gasteiger charge is -2.13. The van der Waals surface area contributed by atoms with Crippen LogP contribution in [-0.2, 0) is 0 Å². The summed E-state index contributed by atoms with van der Waals surface area (Å²) >= 11 is 0. The molecule has 1 aliphatic rings. The molecule has 0 saturated heterocycles. The van der Waals surface area contributed by atoms with Gasteiger partial charge in [-0.05, 0) is 0 Å². The van der Waals surface area contributed by atoms with E-state index in [-0.39, 0.29) is 6.08 Å². The maximum Gasteiger partial charge on any atom is 0.385 e. The minimum atomic E-state index is -3.08. The van der Waals surface area contributed by atoms with Gasteiger partial charge in [0.25, 0.3) is 0 Å². The maximum atomic E-state index is 13.1. The largest absolute Gasteiger partial charge is 0.385 e. The number of rotatable bonds is 2. The molecule has 0 spiro atoms. The van der Waals surface area contributed by atoms with E-state index in [1.807, 2.05) is 0 Å². The third-order valence-electron chi connectivity index (χ3n) is 1.67. The summed E-state index contributed by atoms with van der Waals surface area (Å²) in [5, 5.41) is 20.2. The molecule has 0 saturated carbocycles. The molecule has 0 aromatic heterocycles. The molecule has 0 heterocycles. The van der Waals surface area contributed by atoms with Gasteiger partial charge in [-0.1, -0.05) is 0 Å². The third-order valence-corrected chi connectivity index (χ3v) is 1.67. The summed E-state index contributed by atoms with van der Waals surface area (Å²) < 4.78 is 25.9. The number of nitrogens with zero attached hydrogens (tertiary/aromatic N) is 2. The fourth-order valence-corrected chi connectivity index (χ4v) is 0.953. The zero-order chi connectivity index (χ0) is 10.9. The van der Waals surface area contributed by atoms with E-state index < -0.39 is 33.6 Å². The average molecular weight is 206 g/mol. The molecule has 0 fully saturated rings. The van der Waals surface area contributed by atoms with Crippen molar-refractivity contribution in [3.63, 3.8) is 0 Å². The van der Waals surface area contributed by atoms with Crippen molar-refractivity contribution < 1.29 is 18.6 Å². The van der Waals surface area contributed by atoms with Gasteiger partial charge in [0.15, 0.2) is 0 Å². The van der Waals surface area contributed by atoms with Crippen molar-refractivity contribution >= 4 is 0 Å². The molecule has 1 rings (SSSR count). The molecule has 1 atom stereocenters. The van der Waals surface area contributed by atoms with Gasteiger partial charge >= 0.3 is 11.5 Å². The molecule has 1 unspecified atom stereocenters. The van der Waals surface area contributed by atoms with Gasteiger partial charge in [-0.25, -0.2) is 0 Å². The number of allylic oxidation sites excluding steroid dienone is 1. The summed E-state index contributed by atoms with van der Waals surface area (Å²) in [5.41, 5.74) is -0.944. The van der Waals surface area contributed by atoms with Crippen LogP contribution in [0.1, 0.15) is 6.42 Å². The van der Waals surface area contributed by atoms with Gasteiger partial charge in [-0.3, -0.25) is 20.2 Å². The summed E-state index contributed by atoms with van der Waals surface area (Å²) in [6.07, 6.45) is -0.285. The van der Waals surface area contributed by atoms with Crippen molar-refractivity contribution in [3.05, 3.63) is 43.9 Å². The summed E-state index contributed by atoms with van der Waals surface area (Å²) in [4.78, 5) is 17.8. The van der Waals surface area contributed by atoms with Crippen LogP contribution in [-0.4, -0.2) is 15.6 Å². The van der Waals surface area contributed by atoms with E-state index in [0.717, 1.165) is 0 Å². The Labute approximate surface area is 75.8 Å². The van der Waals surface area contributed by atoms with Gasteiger partial charge < -0.3 is 0 Å². The Kier molecular flexibility index (Phi) is 2.28. The van der Waals surface area contributed by atoms with Gasteiger partial charge in [0.05, 0.1) is 22.3 Å². The highest BCUT2D eigenvalue weighted by Gasteiger charge is 2.45. The molecular formula is C6H4F2N2O4. The normalized spacial score (nSPS) is 26.4. The van der Waals surface area contributed by atoms with Crippen molar-refractivity contribution in [2.24, 2.45) is 0 Å². The smallest absolute Gasteiger partial charge is 0.261 e. The van der Waals surface area contributed by atoms with Crippen LogP contribution in [0.2, 0.25) is 0 Å². The highest BCUT2D eigenvalue weighted by molar-refractivity contribution is 5.26. The van der Waals surface area contributed by atoms with Gasteiger partial charge in [0.1, 0.15) is 0 Å². The molecule has 0 aromatic rings. The Hall–Kier alpha value is -1.86. The van der Waals surface area contributed by atoms with Crippen molar-refractivity contribution in [2.45, 2.75) is 12.2 Å². The number of alkyl halides is 1. The predicted molar refractivity (Wildman–Crippen MR) is 39.7 cm³/mol. The molecule has 0 N–H and O–H groups in total. The predicted octanol–water partition coefficient (Wildman–Crippen LogP) is 1.35. The molecular weight excluding hydrogens is 202 g/mol. The lowest BCUT2D eigenvalue weighted by molar-refractivity contribution is -0.589. The van der Waals surface area contributed by atoms with Crippen LogP contribution in [0.3, 0.4) is 0 Å². The molecule has 0 aliphatic heterocycles. The molecule has 0 aromatic carbocycles. The van der Waals surface area contributed by atoms with Crippen LogP contribution in [0, 0.1) is 20.2 Å². The van der Waals surface area contributed by atoms with Crippen LogP contribution in [0.15, 0.2) is 23.7 Å². The Balaban J connectivity index is 3.03. The number of halogens is 2. The van der Waals surface area contributed by atoms with Crippen LogP contribution in [0.5, 0.6) is 0 Å². The Morgan fingerprint density at radius 1 is 1.43 bits per heavy atom. The van der Waals surface area contributed by atoms with E-state index in [0.29, 0.717) is 6.08 Å². The lowest BCUT2D eigenvalue weighted by Crippen LogP contribution is -2.32. The van der Waals surface area contributed by atoms with Crippen LogP contribution >= 0.6 is 0 Å². The van der Waals surface area contributed by atoms with Crippen molar-refractivity contribution in [3.8, 4) is 0 Å². The van der Waals surface area contributed by atoms with E-state index in [4.69, 9.17) is 0 Å². The zero-order valence-electron chi connectivity index (χ0n) is 6.65. The van der Waals surface area contributed by atoms with E-state index in [1.54, 1.807) is 0 Å². The van der Waals surface area contributed by atoms with E-state index in [9.17, 15) is 29.0 Å². The first-order chi connectivity index (χ1) is 6.37. The zero-order valence-corrected chi connectivity index (χ0v) is 6.65. The van der Waals surface area contributed by atoms with E-state index in [2.05, 4.69) is 0 Å². The van der Waals surface area contributed by atoms with E-state index in [1.165, 1.54) is 0 Å². The van der Waals surface area contributed by atoms with Crippen LogP contribution in [0.4, 0.5) is 8.78 Å². The van der Waals surface area contributed by atoms with Gasteiger partial charge in [-0.2, -0.15) is 8.78 Å². The summed E-state index contributed by atoms with van der Waals surface area (Å²) in [6.45, 7) is 0. The Morgan fingerprint density at radius 3 is 2.36 bits per heavy atom.